The summed E-state index contributed by atoms with van der Waals surface area (Å²) in [6.45, 7) is -2.67. The van der Waals surface area contributed by atoms with Crippen LogP contribution < -0.4 is 0 Å². The minimum atomic E-state index is -5.09. The van der Waals surface area contributed by atoms with Crippen molar-refractivity contribution in [2.75, 3.05) is 19.6 Å². The molecule has 0 unspecified atom stereocenters. The summed E-state index contributed by atoms with van der Waals surface area (Å²) in [5, 5.41) is 14.6. The number of hydrogen-bond acceptors (Lipinski definition) is 4. The first-order valence-electron chi connectivity index (χ1n) is 8.21. The van der Waals surface area contributed by atoms with E-state index in [1.165, 1.54) is 0 Å². The lowest BCUT2D eigenvalue weighted by Gasteiger charge is -2.35. The summed E-state index contributed by atoms with van der Waals surface area (Å²) in [4.78, 5) is 13.1. The number of carbonyl (C=O) groups excluding carboxylic acids is 1. The third-order valence-corrected chi connectivity index (χ3v) is 4.07. The molecule has 6 nitrogen and oxygen atoms in total. The summed E-state index contributed by atoms with van der Waals surface area (Å²) in [5.74, 6) is -2.57. The van der Waals surface area contributed by atoms with Crippen LogP contribution in [0.25, 0.3) is 0 Å². The number of amides is 1. The Morgan fingerprint density at radius 3 is 1.87 bits per heavy atom. The zero-order valence-electron chi connectivity index (χ0n) is 15.2. The number of amidine groups is 2. The largest absolute Gasteiger partial charge is 0.449 e. The molecule has 1 saturated heterocycles. The molecular formula is C16H13F9N4O2. The summed E-state index contributed by atoms with van der Waals surface area (Å²) >= 11 is 0. The maximum Gasteiger partial charge on any atom is 0.449 e. The molecule has 0 saturated carbocycles. The van der Waals surface area contributed by atoms with Crippen molar-refractivity contribution in [2.24, 2.45) is 0 Å². The van der Waals surface area contributed by atoms with Gasteiger partial charge in [0.1, 0.15) is 12.4 Å². The van der Waals surface area contributed by atoms with Crippen LogP contribution in [0.3, 0.4) is 0 Å². The van der Waals surface area contributed by atoms with Gasteiger partial charge in [-0.1, -0.05) is 0 Å². The minimum Gasteiger partial charge on any atom is -0.445 e. The van der Waals surface area contributed by atoms with Crippen molar-refractivity contribution in [3.63, 3.8) is 0 Å². The van der Waals surface area contributed by atoms with Gasteiger partial charge < -0.3 is 9.64 Å². The number of piperazine rings is 1. The summed E-state index contributed by atoms with van der Waals surface area (Å²) < 4.78 is 119. The quantitative estimate of drug-likeness (QED) is 0.385. The molecule has 172 valence electrons. The number of nitrogens with zero attached hydrogens (tertiary/aromatic N) is 2. The summed E-state index contributed by atoms with van der Waals surface area (Å²) in [5.41, 5.74) is -3.81. The van der Waals surface area contributed by atoms with Gasteiger partial charge in [-0.25, -0.2) is 4.79 Å². The second-order valence-corrected chi connectivity index (χ2v) is 6.33. The van der Waals surface area contributed by atoms with Crippen LogP contribution in [-0.4, -0.2) is 53.4 Å². The molecule has 0 bridgehead atoms. The number of rotatable bonds is 2. The van der Waals surface area contributed by atoms with Gasteiger partial charge in [0.25, 0.3) is 0 Å². The van der Waals surface area contributed by atoms with Gasteiger partial charge in [0.2, 0.25) is 5.84 Å². The minimum absolute atomic E-state index is 0.0958. The highest BCUT2D eigenvalue weighted by Crippen LogP contribution is 2.36. The Balaban J connectivity index is 2.08. The molecule has 1 aliphatic heterocycles. The predicted molar refractivity (Wildman–Crippen MR) is 86.4 cm³/mol. The molecule has 2 rings (SSSR count). The highest BCUT2D eigenvalue weighted by molar-refractivity contribution is 6.02. The van der Waals surface area contributed by atoms with Crippen molar-refractivity contribution in [2.45, 2.75) is 25.1 Å². The zero-order chi connectivity index (χ0) is 23.8. The first-order chi connectivity index (χ1) is 14.0. The number of hydrogen-bond donors (Lipinski definition) is 2. The van der Waals surface area contributed by atoms with Crippen molar-refractivity contribution >= 4 is 17.8 Å². The summed E-state index contributed by atoms with van der Waals surface area (Å²) in [6.07, 6.45) is -16.5. The van der Waals surface area contributed by atoms with Crippen LogP contribution in [0.15, 0.2) is 18.2 Å². The van der Waals surface area contributed by atoms with E-state index < -0.39 is 79.2 Å². The Kier molecular flexibility index (Phi) is 6.47. The van der Waals surface area contributed by atoms with E-state index >= 15 is 0 Å². The van der Waals surface area contributed by atoms with Crippen LogP contribution in [0.2, 0.25) is 0 Å². The Bertz CT molecular complexity index is 845. The van der Waals surface area contributed by atoms with Crippen molar-refractivity contribution in [1.29, 1.82) is 10.8 Å². The van der Waals surface area contributed by atoms with E-state index in [-0.39, 0.29) is 6.07 Å². The van der Waals surface area contributed by atoms with Gasteiger partial charge in [-0.05, 0) is 23.8 Å². The Morgan fingerprint density at radius 2 is 1.45 bits per heavy atom. The molecular weight excluding hydrogens is 451 g/mol. The van der Waals surface area contributed by atoms with Gasteiger partial charge in [0, 0.05) is 13.1 Å². The average Bonchev–Trinajstić information content (AvgIpc) is 2.63. The molecule has 0 radical (unpaired) electrons. The second kappa shape index (κ2) is 8.26. The highest BCUT2D eigenvalue weighted by Gasteiger charge is 2.42. The molecule has 0 atom stereocenters. The molecule has 1 aromatic rings. The van der Waals surface area contributed by atoms with E-state index in [1.54, 1.807) is 0 Å². The van der Waals surface area contributed by atoms with Crippen LogP contribution >= 0.6 is 0 Å². The molecule has 1 fully saturated rings. The molecule has 2 N–H and O–H groups in total. The third-order valence-electron chi connectivity index (χ3n) is 4.07. The number of benzene rings is 1. The van der Waals surface area contributed by atoms with Gasteiger partial charge in [-0.3, -0.25) is 15.7 Å². The topological polar surface area (TPSA) is 80.5 Å². The van der Waals surface area contributed by atoms with Crippen molar-refractivity contribution < 1.29 is 49.0 Å². The van der Waals surface area contributed by atoms with E-state index in [2.05, 4.69) is 4.74 Å². The predicted octanol–water partition coefficient (Wildman–Crippen LogP) is 4.50. The van der Waals surface area contributed by atoms with E-state index in [0.29, 0.717) is 17.0 Å². The number of carbonyl (C=O) groups is 1. The monoisotopic (exact) mass is 464 g/mol. The lowest BCUT2D eigenvalue weighted by Crippen LogP contribution is -2.56. The van der Waals surface area contributed by atoms with E-state index in [9.17, 15) is 44.3 Å². The van der Waals surface area contributed by atoms with Crippen LogP contribution in [-0.2, 0) is 23.7 Å². The lowest BCUT2D eigenvalue weighted by atomic mass is 10.1. The third kappa shape index (κ3) is 6.01. The fourth-order valence-corrected chi connectivity index (χ4v) is 2.60. The molecule has 31 heavy (non-hydrogen) atoms. The van der Waals surface area contributed by atoms with E-state index in [0.717, 1.165) is 4.90 Å². The normalized spacial score (nSPS) is 15.8. The molecule has 15 heteroatoms. The van der Waals surface area contributed by atoms with Crippen LogP contribution in [0.1, 0.15) is 16.7 Å². The van der Waals surface area contributed by atoms with Gasteiger partial charge in [-0.15, -0.1) is 0 Å². The molecule has 1 amide bonds. The van der Waals surface area contributed by atoms with Crippen LogP contribution in [0, 0.1) is 10.8 Å². The lowest BCUT2D eigenvalue weighted by molar-refractivity contribution is -0.143. The average molecular weight is 464 g/mol. The molecule has 0 spiro atoms. The Morgan fingerprint density at radius 1 is 0.935 bits per heavy atom. The van der Waals surface area contributed by atoms with Crippen LogP contribution in [0.5, 0.6) is 0 Å². The van der Waals surface area contributed by atoms with Crippen LogP contribution in [0.4, 0.5) is 44.3 Å². The number of nitrogens with one attached hydrogen (secondary N) is 2. The number of halogens is 9. The molecule has 1 heterocycles. The van der Waals surface area contributed by atoms with Gasteiger partial charge in [0.05, 0.1) is 17.7 Å². The van der Waals surface area contributed by atoms with Gasteiger partial charge >= 0.3 is 24.6 Å². The second-order valence-electron chi connectivity index (χ2n) is 6.33. The zero-order valence-corrected chi connectivity index (χ0v) is 15.2. The number of ether oxygens (including phenoxy) is 1. The fourth-order valence-electron chi connectivity index (χ4n) is 2.60. The highest BCUT2D eigenvalue weighted by atomic mass is 19.4. The molecule has 1 aromatic carbocycles. The Labute approximate surface area is 168 Å². The molecule has 1 aliphatic rings. The maximum atomic E-state index is 12.8. The number of alkyl halides is 9. The molecule has 0 aromatic heterocycles. The summed E-state index contributed by atoms with van der Waals surface area (Å²) in [6, 6.07) is 0.641. The fraction of sp³-hybridized carbons (Fsp3) is 0.438. The first kappa shape index (κ1) is 24.3. The van der Waals surface area contributed by atoms with Crippen molar-refractivity contribution in [3.8, 4) is 0 Å². The van der Waals surface area contributed by atoms with Crippen molar-refractivity contribution in [1.82, 2.24) is 9.80 Å². The molecule has 0 aliphatic carbocycles. The smallest absolute Gasteiger partial charge is 0.445 e. The Hall–Kier alpha value is -3.00. The van der Waals surface area contributed by atoms with Gasteiger partial charge in [-0.2, -0.15) is 39.5 Å². The van der Waals surface area contributed by atoms with E-state index in [1.807, 2.05) is 0 Å². The SMILES string of the molecule is N=C1CN(C(=O)OCc2cc(C(F)(F)F)cc(C(F)(F)F)c2)CCN1C(=N)C(F)(F)F. The van der Waals surface area contributed by atoms with E-state index in [4.69, 9.17) is 10.8 Å². The standard InChI is InChI=1S/C16H13F9N4O2/c17-14(18,19)9-3-8(4-10(5-9)15(20,21)22)7-31-13(30)28-1-2-29(11(26)6-28)12(27)16(23,24)25/h3-5,26-27H,1-2,6-7H2. The van der Waals surface area contributed by atoms with Gasteiger partial charge in [0.15, 0.2) is 0 Å². The van der Waals surface area contributed by atoms with Crippen molar-refractivity contribution in [3.05, 3.63) is 34.9 Å². The first-order valence-corrected chi connectivity index (χ1v) is 8.21. The maximum absolute atomic E-state index is 12.8. The summed E-state index contributed by atoms with van der Waals surface area (Å²) in [7, 11) is 0.